The molecule has 0 aromatic carbocycles. The van der Waals surface area contributed by atoms with E-state index in [0.29, 0.717) is 6.42 Å². The summed E-state index contributed by atoms with van der Waals surface area (Å²) in [7, 11) is 0. The molecule has 0 bridgehead atoms. The van der Waals surface area contributed by atoms with Crippen LogP contribution in [-0.2, 0) is 19.1 Å². The van der Waals surface area contributed by atoms with E-state index in [4.69, 9.17) is 9.47 Å². The van der Waals surface area contributed by atoms with E-state index in [1.807, 2.05) is 0 Å². The molecule has 2 aliphatic heterocycles. The van der Waals surface area contributed by atoms with Crippen molar-refractivity contribution < 1.29 is 24.2 Å². The Morgan fingerprint density at radius 3 is 2.79 bits per heavy atom. The highest BCUT2D eigenvalue weighted by Crippen LogP contribution is 2.46. The Hall–Kier alpha value is -1.82. The lowest BCUT2D eigenvalue weighted by Crippen LogP contribution is -2.66. The monoisotopic (exact) mass is 267 g/mol. The predicted octanol–water partition coefficient (Wildman–Crippen LogP) is 0.377. The van der Waals surface area contributed by atoms with Gasteiger partial charge in [0.2, 0.25) is 5.78 Å². The molecule has 0 radical (unpaired) electrons. The number of aliphatic hydroxyl groups is 1. The zero-order valence-electron chi connectivity index (χ0n) is 11.1. The van der Waals surface area contributed by atoms with E-state index < -0.39 is 23.1 Å². The van der Waals surface area contributed by atoms with Crippen molar-refractivity contribution >= 4 is 11.8 Å². The highest BCUT2D eigenvalue weighted by atomic mass is 16.6. The lowest BCUT2D eigenvalue weighted by Gasteiger charge is -2.41. The fraction of sp³-hybridized carbons (Fsp3) is 0.538. The summed E-state index contributed by atoms with van der Waals surface area (Å²) in [5.41, 5.74) is -1.13. The number of hydrogen-bond donors (Lipinski definition) is 2. The number of hydrogen-bond acceptors (Lipinski definition) is 6. The molecule has 0 saturated carbocycles. The summed E-state index contributed by atoms with van der Waals surface area (Å²) >= 11 is 0. The van der Waals surface area contributed by atoms with Gasteiger partial charge in [0, 0.05) is 12.3 Å². The van der Waals surface area contributed by atoms with Gasteiger partial charge in [0.25, 0.3) is 5.79 Å². The van der Waals surface area contributed by atoms with E-state index in [2.05, 4.69) is 5.32 Å². The minimum Gasteiger partial charge on any atom is -0.462 e. The summed E-state index contributed by atoms with van der Waals surface area (Å²) in [6.45, 7) is 5.19. The van der Waals surface area contributed by atoms with Crippen LogP contribution >= 0.6 is 0 Å². The van der Waals surface area contributed by atoms with Gasteiger partial charge < -0.3 is 19.9 Å². The van der Waals surface area contributed by atoms with Crippen LogP contribution in [0.15, 0.2) is 23.6 Å². The third-order valence-corrected chi connectivity index (χ3v) is 3.57. The van der Waals surface area contributed by atoms with Crippen LogP contribution < -0.4 is 5.32 Å². The van der Waals surface area contributed by atoms with Gasteiger partial charge in [0.05, 0.1) is 6.61 Å². The molecule has 6 heteroatoms. The Bertz CT molecular complexity index is 495. The van der Waals surface area contributed by atoms with Crippen LogP contribution in [0.2, 0.25) is 0 Å². The molecule has 0 saturated heterocycles. The number of allylic oxidation sites excluding steroid dienone is 1. The van der Waals surface area contributed by atoms with Gasteiger partial charge >= 0.3 is 5.97 Å². The Labute approximate surface area is 111 Å². The van der Waals surface area contributed by atoms with E-state index in [0.717, 1.165) is 0 Å². The fourth-order valence-corrected chi connectivity index (χ4v) is 2.67. The average molecular weight is 267 g/mol. The van der Waals surface area contributed by atoms with Crippen LogP contribution in [0.5, 0.6) is 0 Å². The molecule has 0 aromatic heterocycles. The van der Waals surface area contributed by atoms with Crippen LogP contribution in [0.4, 0.5) is 0 Å². The average Bonchev–Trinajstić information content (AvgIpc) is 2.59. The third-order valence-electron chi connectivity index (χ3n) is 3.57. The minimum atomic E-state index is -2.09. The summed E-state index contributed by atoms with van der Waals surface area (Å²) in [4.78, 5) is 24.0. The topological polar surface area (TPSA) is 84.9 Å². The van der Waals surface area contributed by atoms with E-state index in [1.165, 1.54) is 19.2 Å². The molecule has 2 heterocycles. The molecule has 6 nitrogen and oxygen atoms in total. The molecule has 0 amide bonds. The number of ether oxygens (including phenoxy) is 2. The summed E-state index contributed by atoms with van der Waals surface area (Å²) in [6, 6.07) is 0. The second kappa shape index (κ2) is 4.38. The maximum atomic E-state index is 12.1. The summed E-state index contributed by atoms with van der Waals surface area (Å²) < 4.78 is 10.3. The van der Waals surface area contributed by atoms with Gasteiger partial charge in [-0.1, -0.05) is 6.92 Å². The quantitative estimate of drug-likeness (QED) is 0.719. The van der Waals surface area contributed by atoms with Crippen LogP contribution in [0.25, 0.3) is 0 Å². The number of carbonyl (C=O) groups excluding carboxylic acids is 2. The van der Waals surface area contributed by atoms with Crippen molar-refractivity contribution in [3.05, 3.63) is 23.6 Å². The highest BCUT2D eigenvalue weighted by Gasteiger charge is 2.66. The first-order valence-corrected chi connectivity index (χ1v) is 6.21. The standard InChI is InChI=1S/C13H17NO5/c1-4-12-10(11(16)18-5-2)8(3)19-13(12,17)9(15)6-7-14-12/h6-7,14,17H,4-5H2,1-3H3. The lowest BCUT2D eigenvalue weighted by molar-refractivity contribution is -0.201. The molecule has 2 atom stereocenters. The smallest absolute Gasteiger partial charge is 0.340 e. The number of carbonyl (C=O) groups is 2. The maximum Gasteiger partial charge on any atom is 0.340 e. The maximum absolute atomic E-state index is 12.1. The Balaban J connectivity index is 2.55. The van der Waals surface area contributed by atoms with Crippen LogP contribution in [0, 0.1) is 0 Å². The Morgan fingerprint density at radius 1 is 1.53 bits per heavy atom. The van der Waals surface area contributed by atoms with E-state index in [9.17, 15) is 14.7 Å². The molecule has 2 aliphatic rings. The van der Waals surface area contributed by atoms with Gasteiger partial charge in [-0.05, 0) is 20.3 Å². The van der Waals surface area contributed by atoms with E-state index >= 15 is 0 Å². The lowest BCUT2D eigenvalue weighted by atomic mass is 9.77. The second-order valence-corrected chi connectivity index (χ2v) is 4.50. The summed E-state index contributed by atoms with van der Waals surface area (Å²) in [6.07, 6.45) is 2.90. The molecule has 0 fully saturated rings. The first kappa shape index (κ1) is 13.6. The molecule has 2 unspecified atom stereocenters. The van der Waals surface area contributed by atoms with Gasteiger partial charge in [0.1, 0.15) is 16.9 Å². The Kier molecular flexibility index (Phi) is 3.14. The molecule has 0 spiro atoms. The molecule has 19 heavy (non-hydrogen) atoms. The van der Waals surface area contributed by atoms with Gasteiger partial charge in [-0.2, -0.15) is 0 Å². The number of ketones is 1. The van der Waals surface area contributed by atoms with Crippen LogP contribution in [-0.4, -0.2) is 34.8 Å². The molecule has 2 rings (SSSR count). The summed E-state index contributed by atoms with van der Waals surface area (Å²) in [5, 5.41) is 13.5. The largest absolute Gasteiger partial charge is 0.462 e. The minimum absolute atomic E-state index is 0.164. The number of fused-ring (bicyclic) bond motifs is 1. The Morgan fingerprint density at radius 2 is 2.21 bits per heavy atom. The SMILES string of the molecule is CCOC(=O)C1=C(C)OC2(O)C(=O)C=CNC12CC. The van der Waals surface area contributed by atoms with E-state index in [1.54, 1.807) is 13.8 Å². The van der Waals surface area contributed by atoms with Crippen molar-refractivity contribution in [2.24, 2.45) is 0 Å². The first-order chi connectivity index (χ1) is 8.93. The number of nitrogens with one attached hydrogen (secondary N) is 1. The normalized spacial score (nSPS) is 32.7. The van der Waals surface area contributed by atoms with Crippen LogP contribution in [0.1, 0.15) is 27.2 Å². The number of esters is 1. The van der Waals surface area contributed by atoms with Crippen molar-refractivity contribution in [3.63, 3.8) is 0 Å². The molecule has 0 aliphatic carbocycles. The molecular weight excluding hydrogens is 250 g/mol. The highest BCUT2D eigenvalue weighted by molar-refractivity contribution is 6.03. The van der Waals surface area contributed by atoms with Gasteiger partial charge in [-0.15, -0.1) is 0 Å². The zero-order valence-corrected chi connectivity index (χ0v) is 11.1. The van der Waals surface area contributed by atoms with Crippen molar-refractivity contribution in [2.45, 2.75) is 38.5 Å². The number of rotatable bonds is 3. The predicted molar refractivity (Wildman–Crippen MR) is 65.7 cm³/mol. The van der Waals surface area contributed by atoms with E-state index in [-0.39, 0.29) is 17.9 Å². The summed E-state index contributed by atoms with van der Waals surface area (Å²) in [5.74, 6) is -3.07. The zero-order chi connectivity index (χ0) is 14.3. The van der Waals surface area contributed by atoms with Crippen molar-refractivity contribution in [3.8, 4) is 0 Å². The molecular formula is C13H17NO5. The van der Waals surface area contributed by atoms with Gasteiger partial charge in [0.15, 0.2) is 0 Å². The van der Waals surface area contributed by atoms with Crippen LogP contribution in [0.3, 0.4) is 0 Å². The van der Waals surface area contributed by atoms with Gasteiger partial charge in [-0.25, -0.2) is 4.79 Å². The van der Waals surface area contributed by atoms with Crippen molar-refractivity contribution in [2.75, 3.05) is 6.61 Å². The van der Waals surface area contributed by atoms with Crippen molar-refractivity contribution in [1.29, 1.82) is 0 Å². The molecule has 104 valence electrons. The second-order valence-electron chi connectivity index (χ2n) is 4.50. The first-order valence-electron chi connectivity index (χ1n) is 6.21. The van der Waals surface area contributed by atoms with Gasteiger partial charge in [-0.3, -0.25) is 4.79 Å². The fourth-order valence-electron chi connectivity index (χ4n) is 2.67. The molecule has 0 aromatic rings. The van der Waals surface area contributed by atoms with Crippen molar-refractivity contribution in [1.82, 2.24) is 5.32 Å². The third kappa shape index (κ3) is 1.59. The molecule has 2 N–H and O–H groups in total.